The topological polar surface area (TPSA) is 71.3 Å². The van der Waals surface area contributed by atoms with Gasteiger partial charge in [-0.1, -0.05) is 0 Å². The van der Waals surface area contributed by atoms with Crippen molar-refractivity contribution in [2.24, 2.45) is 0 Å². The molecule has 0 aliphatic carbocycles. The van der Waals surface area contributed by atoms with Crippen molar-refractivity contribution < 1.29 is 4.92 Å². The number of pyridine rings is 1. The molecule has 24 heavy (non-hydrogen) atoms. The molecule has 1 atom stereocenters. The van der Waals surface area contributed by atoms with Crippen LogP contribution in [0.15, 0.2) is 47.3 Å². The van der Waals surface area contributed by atoms with E-state index in [1.807, 2.05) is 19.5 Å². The largest absolute Gasteiger partial charge is 0.378 e. The number of anilines is 1. The quantitative estimate of drug-likeness (QED) is 0.543. The van der Waals surface area contributed by atoms with Crippen LogP contribution in [0.4, 0.5) is 11.4 Å². The zero-order valence-corrected chi connectivity index (χ0v) is 14.3. The molecule has 0 amide bonds. The number of nitrogens with zero attached hydrogens (tertiary/aromatic N) is 3. The molecule has 0 saturated carbocycles. The van der Waals surface area contributed by atoms with Gasteiger partial charge in [0.05, 0.1) is 21.9 Å². The second-order valence-corrected chi connectivity index (χ2v) is 6.49. The second-order valence-electron chi connectivity index (χ2n) is 5.71. The van der Waals surface area contributed by atoms with Crippen LogP contribution in [0.3, 0.4) is 0 Å². The van der Waals surface area contributed by atoms with Crippen molar-refractivity contribution in [3.63, 3.8) is 0 Å². The van der Waals surface area contributed by atoms with Gasteiger partial charge in [0.2, 0.25) is 0 Å². The SMILES string of the molecule is CN(C)[C@H](CNc1ccc2ncccc2c1[N+](=O)[O-])c1ccsc1. The molecule has 0 saturated heterocycles. The molecule has 2 aromatic heterocycles. The van der Waals surface area contributed by atoms with Crippen LogP contribution < -0.4 is 5.32 Å². The molecule has 0 fully saturated rings. The van der Waals surface area contributed by atoms with E-state index in [2.05, 4.69) is 26.6 Å². The molecule has 6 nitrogen and oxygen atoms in total. The summed E-state index contributed by atoms with van der Waals surface area (Å²) in [7, 11) is 4.01. The number of nitrogens with one attached hydrogen (secondary N) is 1. The lowest BCUT2D eigenvalue weighted by Crippen LogP contribution is -2.26. The summed E-state index contributed by atoms with van der Waals surface area (Å²) in [5, 5.41) is 19.5. The second kappa shape index (κ2) is 6.94. The van der Waals surface area contributed by atoms with Crippen LogP contribution in [0.5, 0.6) is 0 Å². The standard InChI is InChI=1S/C17H18N4O2S/c1-20(2)16(12-7-9-24-11-12)10-19-15-6-5-14-13(4-3-8-18-14)17(15)21(22)23/h3-9,11,16,19H,10H2,1-2H3/t16-/m1/s1. The molecule has 0 unspecified atom stereocenters. The summed E-state index contributed by atoms with van der Waals surface area (Å²) in [5.41, 5.74) is 2.41. The maximum atomic E-state index is 11.6. The molecular formula is C17H18N4O2S. The van der Waals surface area contributed by atoms with Crippen molar-refractivity contribution in [2.45, 2.75) is 6.04 Å². The number of nitro benzene ring substituents is 1. The summed E-state index contributed by atoms with van der Waals surface area (Å²) in [5.74, 6) is 0. The highest BCUT2D eigenvalue weighted by molar-refractivity contribution is 7.07. The van der Waals surface area contributed by atoms with Crippen LogP contribution in [0.1, 0.15) is 11.6 Å². The molecule has 124 valence electrons. The summed E-state index contributed by atoms with van der Waals surface area (Å²) >= 11 is 1.65. The maximum Gasteiger partial charge on any atom is 0.301 e. The number of aromatic nitrogens is 1. The van der Waals surface area contributed by atoms with E-state index in [0.717, 1.165) is 0 Å². The number of fused-ring (bicyclic) bond motifs is 1. The van der Waals surface area contributed by atoms with Crippen molar-refractivity contribution in [1.82, 2.24) is 9.88 Å². The fourth-order valence-corrected chi connectivity index (χ4v) is 3.45. The number of thiophene rings is 1. The number of rotatable bonds is 6. The van der Waals surface area contributed by atoms with Gasteiger partial charge in [-0.2, -0.15) is 11.3 Å². The molecular weight excluding hydrogens is 324 g/mol. The van der Waals surface area contributed by atoms with Crippen molar-refractivity contribution in [1.29, 1.82) is 0 Å². The molecule has 0 aliphatic rings. The minimum Gasteiger partial charge on any atom is -0.378 e. The van der Waals surface area contributed by atoms with Crippen LogP contribution in [0.25, 0.3) is 10.9 Å². The monoisotopic (exact) mass is 342 g/mol. The molecule has 3 rings (SSSR count). The maximum absolute atomic E-state index is 11.6. The van der Waals surface area contributed by atoms with E-state index in [1.54, 1.807) is 41.8 Å². The Morgan fingerprint density at radius 1 is 1.33 bits per heavy atom. The van der Waals surface area contributed by atoms with Gasteiger partial charge in [0, 0.05) is 12.7 Å². The van der Waals surface area contributed by atoms with Gasteiger partial charge in [-0.25, -0.2) is 0 Å². The lowest BCUT2D eigenvalue weighted by molar-refractivity contribution is -0.382. The van der Waals surface area contributed by atoms with Crippen LogP contribution >= 0.6 is 11.3 Å². The van der Waals surface area contributed by atoms with E-state index >= 15 is 0 Å². The molecule has 7 heteroatoms. The van der Waals surface area contributed by atoms with Crippen LogP contribution in [0.2, 0.25) is 0 Å². The molecule has 0 spiro atoms. The molecule has 1 N–H and O–H groups in total. The Morgan fingerprint density at radius 3 is 2.83 bits per heavy atom. The highest BCUT2D eigenvalue weighted by Crippen LogP contribution is 2.33. The Bertz CT molecular complexity index is 849. The molecule has 2 heterocycles. The van der Waals surface area contributed by atoms with E-state index in [-0.39, 0.29) is 16.7 Å². The fourth-order valence-electron chi connectivity index (χ4n) is 2.75. The van der Waals surface area contributed by atoms with E-state index < -0.39 is 0 Å². The third-order valence-corrected chi connectivity index (χ3v) is 4.68. The molecule has 1 aromatic carbocycles. The zero-order valence-electron chi connectivity index (χ0n) is 13.5. The normalized spacial score (nSPS) is 12.5. The Morgan fingerprint density at radius 2 is 2.17 bits per heavy atom. The van der Waals surface area contributed by atoms with Gasteiger partial charge in [0.25, 0.3) is 0 Å². The number of nitro groups is 1. The van der Waals surface area contributed by atoms with E-state index in [4.69, 9.17) is 0 Å². The van der Waals surface area contributed by atoms with Gasteiger partial charge >= 0.3 is 5.69 Å². The third kappa shape index (κ3) is 3.22. The van der Waals surface area contributed by atoms with Gasteiger partial charge in [-0.05, 0) is 60.8 Å². The van der Waals surface area contributed by atoms with Crippen LogP contribution in [-0.4, -0.2) is 35.4 Å². The van der Waals surface area contributed by atoms with Crippen molar-refractivity contribution in [3.8, 4) is 0 Å². The zero-order chi connectivity index (χ0) is 17.1. The highest BCUT2D eigenvalue weighted by Gasteiger charge is 2.21. The first-order chi connectivity index (χ1) is 11.6. The minimum absolute atomic E-state index is 0.0726. The Kier molecular flexibility index (Phi) is 4.73. The minimum atomic E-state index is -0.346. The van der Waals surface area contributed by atoms with Gasteiger partial charge in [-0.3, -0.25) is 15.1 Å². The average molecular weight is 342 g/mol. The molecule has 3 aromatic rings. The van der Waals surface area contributed by atoms with Gasteiger partial charge in [-0.15, -0.1) is 0 Å². The predicted molar refractivity (Wildman–Crippen MR) is 97.6 cm³/mol. The average Bonchev–Trinajstić information content (AvgIpc) is 3.08. The van der Waals surface area contributed by atoms with Crippen LogP contribution in [0, 0.1) is 10.1 Å². The van der Waals surface area contributed by atoms with Gasteiger partial charge < -0.3 is 10.2 Å². The Balaban J connectivity index is 1.92. The lowest BCUT2D eigenvalue weighted by Gasteiger charge is -2.24. The molecule has 0 bridgehead atoms. The van der Waals surface area contributed by atoms with Gasteiger partial charge in [0.1, 0.15) is 5.69 Å². The van der Waals surface area contributed by atoms with Crippen molar-refractivity contribution >= 4 is 33.6 Å². The van der Waals surface area contributed by atoms with E-state index in [9.17, 15) is 10.1 Å². The fraction of sp³-hybridized carbons (Fsp3) is 0.235. The highest BCUT2D eigenvalue weighted by atomic mass is 32.1. The number of likely N-dealkylation sites (N-methyl/N-ethyl adjacent to an activating group) is 1. The summed E-state index contributed by atoms with van der Waals surface area (Å²) < 4.78 is 0. The third-order valence-electron chi connectivity index (χ3n) is 3.98. The van der Waals surface area contributed by atoms with Gasteiger partial charge in [0.15, 0.2) is 0 Å². The van der Waals surface area contributed by atoms with Crippen LogP contribution in [-0.2, 0) is 0 Å². The molecule has 0 aliphatic heterocycles. The van der Waals surface area contributed by atoms with Crippen molar-refractivity contribution in [3.05, 3.63) is 63.0 Å². The van der Waals surface area contributed by atoms with E-state index in [1.165, 1.54) is 5.56 Å². The van der Waals surface area contributed by atoms with Crippen molar-refractivity contribution in [2.75, 3.05) is 26.0 Å². The Labute approximate surface area is 143 Å². The number of hydrogen-bond donors (Lipinski definition) is 1. The summed E-state index contributed by atoms with van der Waals surface area (Å²) in [6, 6.07) is 9.20. The smallest absolute Gasteiger partial charge is 0.301 e. The summed E-state index contributed by atoms with van der Waals surface area (Å²) in [6.07, 6.45) is 1.64. The summed E-state index contributed by atoms with van der Waals surface area (Å²) in [4.78, 5) is 17.5. The molecule has 0 radical (unpaired) electrons. The lowest BCUT2D eigenvalue weighted by atomic mass is 10.1. The predicted octanol–water partition coefficient (Wildman–Crippen LogP) is 3.92. The van der Waals surface area contributed by atoms with E-state index in [0.29, 0.717) is 23.1 Å². The first kappa shape index (κ1) is 16.4. The Hall–Kier alpha value is -2.51. The number of benzene rings is 1. The first-order valence-electron chi connectivity index (χ1n) is 7.52. The summed E-state index contributed by atoms with van der Waals surface area (Å²) in [6.45, 7) is 0.580. The first-order valence-corrected chi connectivity index (χ1v) is 8.46. The number of hydrogen-bond acceptors (Lipinski definition) is 6.